The standard InChI is InChI=1S/C25H24N8O3/c1-15-7-16(3-6-21(15)36-17-4-5-20-18(8-17)30-14-33(20)2)31-23-22-19(28-13-29-23)9-26-24(32-22)27-10-25(34)11-35-12-25/h3-9,13-14,34H,10-12H2,1-2H3,(H,26,27,32)(H,28,29,31). The number of imidazole rings is 1. The lowest BCUT2D eigenvalue weighted by atomic mass is 10.0. The van der Waals surface area contributed by atoms with Crippen molar-refractivity contribution in [1.29, 1.82) is 0 Å². The molecule has 182 valence electrons. The Morgan fingerprint density at radius 2 is 1.97 bits per heavy atom. The zero-order valence-corrected chi connectivity index (χ0v) is 19.8. The number of aromatic nitrogens is 6. The van der Waals surface area contributed by atoms with Gasteiger partial charge in [0.15, 0.2) is 5.82 Å². The molecule has 0 bridgehead atoms. The summed E-state index contributed by atoms with van der Waals surface area (Å²) in [7, 11) is 1.96. The maximum Gasteiger partial charge on any atom is 0.223 e. The third-order valence-corrected chi connectivity index (χ3v) is 6.06. The number of hydrogen-bond acceptors (Lipinski definition) is 10. The van der Waals surface area contributed by atoms with Crippen molar-refractivity contribution in [2.24, 2.45) is 7.05 Å². The topological polar surface area (TPSA) is 132 Å². The molecule has 3 aromatic heterocycles. The summed E-state index contributed by atoms with van der Waals surface area (Å²) in [4.78, 5) is 21.9. The predicted molar refractivity (Wildman–Crippen MR) is 135 cm³/mol. The maximum absolute atomic E-state index is 10.2. The number of hydrogen-bond donors (Lipinski definition) is 3. The highest BCUT2D eigenvalue weighted by atomic mass is 16.5. The summed E-state index contributed by atoms with van der Waals surface area (Å²) < 4.78 is 13.2. The fraction of sp³-hybridized carbons (Fsp3) is 0.240. The minimum atomic E-state index is -0.892. The van der Waals surface area contributed by atoms with Crippen LogP contribution in [0.2, 0.25) is 0 Å². The Morgan fingerprint density at radius 3 is 2.78 bits per heavy atom. The molecule has 0 radical (unpaired) electrons. The van der Waals surface area contributed by atoms with Crippen molar-refractivity contribution in [3.63, 3.8) is 0 Å². The summed E-state index contributed by atoms with van der Waals surface area (Å²) in [5.74, 6) is 2.40. The van der Waals surface area contributed by atoms with Crippen molar-refractivity contribution < 1.29 is 14.6 Å². The minimum Gasteiger partial charge on any atom is -0.457 e. The molecule has 1 aliphatic heterocycles. The summed E-state index contributed by atoms with van der Waals surface area (Å²) in [5, 5.41) is 16.6. The maximum atomic E-state index is 10.2. The second-order valence-corrected chi connectivity index (χ2v) is 8.93. The van der Waals surface area contributed by atoms with E-state index in [1.54, 1.807) is 12.5 Å². The highest BCUT2D eigenvalue weighted by Crippen LogP contribution is 2.31. The summed E-state index contributed by atoms with van der Waals surface area (Å²) in [6.45, 7) is 2.86. The van der Waals surface area contributed by atoms with E-state index in [1.807, 2.05) is 54.9 Å². The molecule has 11 nitrogen and oxygen atoms in total. The van der Waals surface area contributed by atoms with Crippen LogP contribution in [0.4, 0.5) is 17.5 Å². The molecule has 0 unspecified atom stereocenters. The van der Waals surface area contributed by atoms with Gasteiger partial charge >= 0.3 is 0 Å². The van der Waals surface area contributed by atoms with Crippen molar-refractivity contribution in [2.75, 3.05) is 30.4 Å². The normalized spacial score (nSPS) is 14.5. The number of ether oxygens (including phenoxy) is 2. The van der Waals surface area contributed by atoms with Crippen molar-refractivity contribution >= 4 is 39.5 Å². The molecule has 5 aromatic rings. The van der Waals surface area contributed by atoms with Crippen LogP contribution in [-0.2, 0) is 11.8 Å². The lowest BCUT2D eigenvalue weighted by molar-refractivity contribution is -0.168. The quantitative estimate of drug-likeness (QED) is 0.316. The largest absolute Gasteiger partial charge is 0.457 e. The molecule has 0 saturated carbocycles. The number of aliphatic hydroxyl groups is 1. The van der Waals surface area contributed by atoms with Gasteiger partial charge in [-0.15, -0.1) is 0 Å². The molecular weight excluding hydrogens is 460 g/mol. The van der Waals surface area contributed by atoms with Crippen molar-refractivity contribution in [2.45, 2.75) is 12.5 Å². The summed E-state index contributed by atoms with van der Waals surface area (Å²) in [6.07, 6.45) is 4.88. The minimum absolute atomic E-state index is 0.292. The Hall–Kier alpha value is -4.35. The van der Waals surface area contributed by atoms with E-state index < -0.39 is 5.60 Å². The first kappa shape index (κ1) is 22.1. The smallest absolute Gasteiger partial charge is 0.223 e. The molecule has 0 atom stereocenters. The molecule has 0 amide bonds. The monoisotopic (exact) mass is 484 g/mol. The number of aryl methyl sites for hydroxylation is 2. The van der Waals surface area contributed by atoms with Gasteiger partial charge in [0.05, 0.1) is 43.3 Å². The molecule has 36 heavy (non-hydrogen) atoms. The van der Waals surface area contributed by atoms with Gasteiger partial charge in [0.25, 0.3) is 0 Å². The van der Waals surface area contributed by atoms with Gasteiger partial charge in [-0.2, -0.15) is 0 Å². The molecule has 11 heteroatoms. The molecule has 1 saturated heterocycles. The average molecular weight is 485 g/mol. The lowest BCUT2D eigenvalue weighted by Gasteiger charge is -2.36. The highest BCUT2D eigenvalue weighted by molar-refractivity contribution is 5.87. The first-order valence-electron chi connectivity index (χ1n) is 11.4. The van der Waals surface area contributed by atoms with E-state index in [9.17, 15) is 5.11 Å². The summed E-state index contributed by atoms with van der Waals surface area (Å²) >= 11 is 0. The molecule has 0 aliphatic carbocycles. The van der Waals surface area contributed by atoms with Gasteiger partial charge in [0.1, 0.15) is 34.5 Å². The number of nitrogens with one attached hydrogen (secondary N) is 2. The third kappa shape index (κ3) is 4.25. The predicted octanol–water partition coefficient (Wildman–Crippen LogP) is 3.32. The molecule has 0 spiro atoms. The van der Waals surface area contributed by atoms with Crippen LogP contribution >= 0.6 is 0 Å². The highest BCUT2D eigenvalue weighted by Gasteiger charge is 2.36. The SMILES string of the molecule is Cc1cc(Nc2ncnc3cnc(NCC4(O)COC4)nc23)ccc1Oc1ccc2c(c1)ncn2C. The Morgan fingerprint density at radius 1 is 1.08 bits per heavy atom. The zero-order valence-electron chi connectivity index (χ0n) is 19.8. The molecule has 1 aliphatic rings. The summed E-state index contributed by atoms with van der Waals surface area (Å²) in [5.41, 5.74) is 3.98. The van der Waals surface area contributed by atoms with Crippen LogP contribution in [-0.4, -0.2) is 60.0 Å². The Labute approximate surface area is 206 Å². The van der Waals surface area contributed by atoms with Crippen LogP contribution in [0, 0.1) is 6.92 Å². The molecule has 6 rings (SSSR count). The zero-order chi connectivity index (χ0) is 24.7. The number of rotatable bonds is 7. The first-order chi connectivity index (χ1) is 17.5. The first-order valence-corrected chi connectivity index (χ1v) is 11.4. The lowest BCUT2D eigenvalue weighted by Crippen LogP contribution is -2.54. The van der Waals surface area contributed by atoms with Crippen LogP contribution in [0.25, 0.3) is 22.1 Å². The van der Waals surface area contributed by atoms with E-state index in [4.69, 9.17) is 9.47 Å². The van der Waals surface area contributed by atoms with E-state index in [0.29, 0.717) is 42.6 Å². The fourth-order valence-corrected chi connectivity index (χ4v) is 4.00. The fourth-order valence-electron chi connectivity index (χ4n) is 4.00. The van der Waals surface area contributed by atoms with Crippen LogP contribution in [0.5, 0.6) is 11.5 Å². The molecule has 3 N–H and O–H groups in total. The molecular formula is C25H24N8O3. The molecule has 1 fully saturated rings. The Bertz CT molecular complexity index is 1580. The van der Waals surface area contributed by atoms with Gasteiger partial charge in [0.2, 0.25) is 5.95 Å². The summed E-state index contributed by atoms with van der Waals surface area (Å²) in [6, 6.07) is 11.7. The van der Waals surface area contributed by atoms with Gasteiger partial charge in [-0.05, 0) is 42.8 Å². The van der Waals surface area contributed by atoms with Gasteiger partial charge in [-0.1, -0.05) is 0 Å². The average Bonchev–Trinajstić information content (AvgIpc) is 3.23. The Balaban J connectivity index is 1.21. The second-order valence-electron chi connectivity index (χ2n) is 8.93. The number of nitrogens with zero attached hydrogens (tertiary/aromatic N) is 6. The van der Waals surface area contributed by atoms with Crippen LogP contribution in [0.15, 0.2) is 55.2 Å². The van der Waals surface area contributed by atoms with Crippen LogP contribution in [0.1, 0.15) is 5.56 Å². The number of benzene rings is 2. The van der Waals surface area contributed by atoms with Crippen LogP contribution < -0.4 is 15.4 Å². The van der Waals surface area contributed by atoms with Gasteiger partial charge in [0, 0.05) is 18.8 Å². The van der Waals surface area contributed by atoms with Gasteiger partial charge in [-0.25, -0.2) is 24.9 Å². The van der Waals surface area contributed by atoms with E-state index >= 15 is 0 Å². The van der Waals surface area contributed by atoms with E-state index in [1.165, 1.54) is 6.33 Å². The molecule has 2 aromatic carbocycles. The van der Waals surface area contributed by atoms with Gasteiger partial charge in [-0.3, -0.25) is 0 Å². The van der Waals surface area contributed by atoms with Crippen molar-refractivity contribution in [1.82, 2.24) is 29.5 Å². The van der Waals surface area contributed by atoms with E-state index in [0.717, 1.165) is 33.8 Å². The van der Waals surface area contributed by atoms with Crippen molar-refractivity contribution in [3.8, 4) is 11.5 Å². The van der Waals surface area contributed by atoms with E-state index in [2.05, 4.69) is 35.6 Å². The Kier molecular flexibility index (Phi) is 5.35. The van der Waals surface area contributed by atoms with E-state index in [-0.39, 0.29) is 0 Å². The van der Waals surface area contributed by atoms with Crippen LogP contribution in [0.3, 0.4) is 0 Å². The number of anilines is 3. The van der Waals surface area contributed by atoms with Gasteiger partial charge < -0.3 is 29.8 Å². The number of fused-ring (bicyclic) bond motifs is 2. The van der Waals surface area contributed by atoms with Crippen molar-refractivity contribution in [3.05, 3.63) is 60.8 Å². The third-order valence-electron chi connectivity index (χ3n) is 6.06. The molecule has 4 heterocycles. The second kappa shape index (κ2) is 8.70.